The molecule has 0 saturated carbocycles. The Balaban J connectivity index is 2.78. The Hall–Kier alpha value is -1.51. The number of ether oxygens (including phenoxy) is 1. The topological polar surface area (TPSA) is 110 Å². The van der Waals surface area contributed by atoms with Gasteiger partial charge in [0.25, 0.3) is 0 Å². The van der Waals surface area contributed by atoms with Gasteiger partial charge in [-0.15, -0.1) is 0 Å². The second-order valence-corrected chi connectivity index (χ2v) is 4.57. The van der Waals surface area contributed by atoms with Gasteiger partial charge in [0.2, 0.25) is 11.0 Å². The van der Waals surface area contributed by atoms with E-state index < -0.39 is 16.2 Å². The lowest BCUT2D eigenvalue weighted by molar-refractivity contribution is -0.384. The zero-order valence-electron chi connectivity index (χ0n) is 10.6. The second kappa shape index (κ2) is 6.60. The number of methoxy groups -OCH3 is 1. The summed E-state index contributed by atoms with van der Waals surface area (Å²) in [5.74, 6) is -0.0253. The standard InChI is InChI=1S/C10H15ClN4O4/c1-10(16,3-4-19-2)5-12-9-7(15(17)18)8(11)13-6-14-9/h6,16H,3-5H2,1-2H3,(H,12,13,14). The van der Waals surface area contributed by atoms with Crippen LogP contribution in [-0.2, 0) is 4.74 Å². The van der Waals surface area contributed by atoms with E-state index in [1.54, 1.807) is 6.92 Å². The molecular weight excluding hydrogens is 276 g/mol. The molecule has 2 N–H and O–H groups in total. The van der Waals surface area contributed by atoms with E-state index >= 15 is 0 Å². The minimum Gasteiger partial charge on any atom is -0.388 e. The van der Waals surface area contributed by atoms with E-state index in [2.05, 4.69) is 15.3 Å². The summed E-state index contributed by atoms with van der Waals surface area (Å²) in [7, 11) is 1.53. The fourth-order valence-corrected chi connectivity index (χ4v) is 1.54. The van der Waals surface area contributed by atoms with Crippen molar-refractivity contribution in [3.05, 3.63) is 21.6 Å². The van der Waals surface area contributed by atoms with E-state index in [9.17, 15) is 15.2 Å². The number of halogens is 1. The Labute approximate surface area is 114 Å². The molecule has 0 aliphatic heterocycles. The molecular formula is C10H15ClN4O4. The van der Waals surface area contributed by atoms with Crippen molar-refractivity contribution in [2.45, 2.75) is 18.9 Å². The molecule has 9 heteroatoms. The molecule has 1 unspecified atom stereocenters. The molecule has 0 spiro atoms. The fraction of sp³-hybridized carbons (Fsp3) is 0.600. The highest BCUT2D eigenvalue weighted by Crippen LogP contribution is 2.28. The van der Waals surface area contributed by atoms with E-state index in [1.807, 2.05) is 0 Å². The van der Waals surface area contributed by atoms with Gasteiger partial charge in [-0.05, 0) is 6.92 Å². The SMILES string of the molecule is COCCC(C)(O)CNc1ncnc(Cl)c1[N+](=O)[O-]. The first-order valence-electron chi connectivity index (χ1n) is 5.47. The Morgan fingerprint density at radius 3 is 2.89 bits per heavy atom. The molecule has 1 heterocycles. The number of nitrogens with one attached hydrogen (secondary N) is 1. The summed E-state index contributed by atoms with van der Waals surface area (Å²) in [6, 6.07) is 0. The summed E-state index contributed by atoms with van der Waals surface area (Å²) in [6.07, 6.45) is 1.49. The van der Waals surface area contributed by atoms with Crippen molar-refractivity contribution < 1.29 is 14.8 Å². The largest absolute Gasteiger partial charge is 0.388 e. The molecule has 1 rings (SSSR count). The van der Waals surface area contributed by atoms with Crippen LogP contribution in [-0.4, -0.2) is 45.9 Å². The zero-order valence-corrected chi connectivity index (χ0v) is 11.3. The van der Waals surface area contributed by atoms with Crippen molar-refractivity contribution in [3.8, 4) is 0 Å². The first-order chi connectivity index (χ1) is 8.87. The van der Waals surface area contributed by atoms with Gasteiger partial charge in [0, 0.05) is 26.7 Å². The number of anilines is 1. The van der Waals surface area contributed by atoms with Gasteiger partial charge in [-0.25, -0.2) is 9.97 Å². The highest BCUT2D eigenvalue weighted by molar-refractivity contribution is 6.31. The van der Waals surface area contributed by atoms with E-state index in [4.69, 9.17) is 16.3 Å². The van der Waals surface area contributed by atoms with Gasteiger partial charge < -0.3 is 15.2 Å². The van der Waals surface area contributed by atoms with Crippen molar-refractivity contribution in [2.75, 3.05) is 25.6 Å². The lowest BCUT2D eigenvalue weighted by Crippen LogP contribution is -2.35. The summed E-state index contributed by atoms with van der Waals surface area (Å²) in [5, 5.41) is 23.3. The summed E-state index contributed by atoms with van der Waals surface area (Å²) >= 11 is 5.64. The maximum absolute atomic E-state index is 10.9. The van der Waals surface area contributed by atoms with Crippen molar-refractivity contribution in [2.24, 2.45) is 0 Å². The molecule has 0 fully saturated rings. The van der Waals surface area contributed by atoms with E-state index in [0.29, 0.717) is 13.0 Å². The average molecular weight is 291 g/mol. The van der Waals surface area contributed by atoms with Crippen molar-refractivity contribution in [3.63, 3.8) is 0 Å². The molecule has 8 nitrogen and oxygen atoms in total. The van der Waals surface area contributed by atoms with Crippen LogP contribution in [0.25, 0.3) is 0 Å². The predicted molar refractivity (Wildman–Crippen MR) is 69.3 cm³/mol. The first kappa shape index (κ1) is 15.5. The van der Waals surface area contributed by atoms with Gasteiger partial charge in [-0.2, -0.15) is 0 Å². The number of aromatic nitrogens is 2. The van der Waals surface area contributed by atoms with Crippen molar-refractivity contribution in [1.29, 1.82) is 0 Å². The van der Waals surface area contributed by atoms with Crippen molar-refractivity contribution in [1.82, 2.24) is 9.97 Å². The number of nitrogens with zero attached hydrogens (tertiary/aromatic N) is 3. The lowest BCUT2D eigenvalue weighted by atomic mass is 10.0. The van der Waals surface area contributed by atoms with Gasteiger partial charge in [0.1, 0.15) is 6.33 Å². The molecule has 0 saturated heterocycles. The summed E-state index contributed by atoms with van der Waals surface area (Å²) in [4.78, 5) is 17.5. The monoisotopic (exact) mass is 290 g/mol. The van der Waals surface area contributed by atoms with E-state index in [-0.39, 0.29) is 17.5 Å². The lowest BCUT2D eigenvalue weighted by Gasteiger charge is -2.23. The second-order valence-electron chi connectivity index (χ2n) is 4.21. The van der Waals surface area contributed by atoms with Crippen LogP contribution in [0.1, 0.15) is 13.3 Å². The first-order valence-corrected chi connectivity index (χ1v) is 5.85. The number of aliphatic hydroxyl groups is 1. The van der Waals surface area contributed by atoms with Crippen LogP contribution in [0.4, 0.5) is 11.5 Å². The minimum atomic E-state index is -1.08. The van der Waals surface area contributed by atoms with Gasteiger partial charge >= 0.3 is 5.69 Å². The molecule has 0 aromatic carbocycles. The molecule has 1 atom stereocenters. The Kier molecular flexibility index (Phi) is 5.40. The summed E-state index contributed by atoms with van der Waals surface area (Å²) in [6.45, 7) is 2.04. The Morgan fingerprint density at radius 2 is 2.32 bits per heavy atom. The highest BCUT2D eigenvalue weighted by Gasteiger charge is 2.25. The molecule has 0 bridgehead atoms. The van der Waals surface area contributed by atoms with Crippen LogP contribution >= 0.6 is 11.6 Å². The van der Waals surface area contributed by atoms with E-state index in [1.165, 1.54) is 7.11 Å². The third-order valence-corrected chi connectivity index (χ3v) is 2.72. The molecule has 0 amide bonds. The Bertz CT molecular complexity index is 455. The maximum atomic E-state index is 10.9. The van der Waals surface area contributed by atoms with Crippen LogP contribution in [0.3, 0.4) is 0 Å². The molecule has 1 aromatic heterocycles. The average Bonchev–Trinajstić information content (AvgIpc) is 2.33. The quantitative estimate of drug-likeness (QED) is 0.441. The predicted octanol–water partition coefficient (Wildman–Crippen LogP) is 1.24. The molecule has 0 aliphatic rings. The summed E-state index contributed by atoms with van der Waals surface area (Å²) < 4.78 is 4.87. The van der Waals surface area contributed by atoms with Gasteiger partial charge in [-0.3, -0.25) is 10.1 Å². The van der Waals surface area contributed by atoms with Crippen LogP contribution in [0.2, 0.25) is 5.15 Å². The summed E-state index contributed by atoms with van der Waals surface area (Å²) in [5.41, 5.74) is -1.49. The van der Waals surface area contributed by atoms with Crippen LogP contribution in [0, 0.1) is 10.1 Å². The normalized spacial score (nSPS) is 13.9. The number of rotatable bonds is 7. The minimum absolute atomic E-state index is 0.0253. The van der Waals surface area contributed by atoms with Gasteiger partial charge in [0.15, 0.2) is 0 Å². The number of nitro groups is 1. The molecule has 19 heavy (non-hydrogen) atoms. The number of hydrogen-bond acceptors (Lipinski definition) is 7. The van der Waals surface area contributed by atoms with Crippen LogP contribution < -0.4 is 5.32 Å². The zero-order chi connectivity index (χ0) is 14.5. The molecule has 1 aromatic rings. The Morgan fingerprint density at radius 1 is 1.63 bits per heavy atom. The fourth-order valence-electron chi connectivity index (χ4n) is 1.33. The van der Waals surface area contributed by atoms with Crippen molar-refractivity contribution >= 4 is 23.1 Å². The van der Waals surface area contributed by atoms with Crippen LogP contribution in [0.15, 0.2) is 6.33 Å². The third-order valence-electron chi connectivity index (χ3n) is 2.44. The van der Waals surface area contributed by atoms with Gasteiger partial charge in [0.05, 0.1) is 10.5 Å². The van der Waals surface area contributed by atoms with E-state index in [0.717, 1.165) is 6.33 Å². The smallest absolute Gasteiger partial charge is 0.348 e. The van der Waals surface area contributed by atoms with Gasteiger partial charge in [-0.1, -0.05) is 11.6 Å². The maximum Gasteiger partial charge on any atom is 0.348 e. The third kappa shape index (κ3) is 4.58. The molecule has 0 radical (unpaired) electrons. The highest BCUT2D eigenvalue weighted by atomic mass is 35.5. The number of hydrogen-bond donors (Lipinski definition) is 2. The molecule has 106 valence electrons. The molecule has 0 aliphatic carbocycles. The van der Waals surface area contributed by atoms with Crippen LogP contribution in [0.5, 0.6) is 0 Å².